The van der Waals surface area contributed by atoms with E-state index in [0.29, 0.717) is 24.9 Å². The minimum absolute atomic E-state index is 0.143. The van der Waals surface area contributed by atoms with E-state index < -0.39 is 6.29 Å². The monoisotopic (exact) mass is 514 g/mol. The Balaban J connectivity index is 1.39. The van der Waals surface area contributed by atoms with Crippen molar-refractivity contribution in [1.29, 1.82) is 0 Å². The maximum absolute atomic E-state index is 9.64. The van der Waals surface area contributed by atoms with Crippen molar-refractivity contribution in [1.82, 2.24) is 0 Å². The van der Waals surface area contributed by atoms with Gasteiger partial charge in [0.15, 0.2) is 6.29 Å². The Kier molecular flexibility index (Phi) is 8.11. The first-order valence-electron chi connectivity index (χ1n) is 14.2. The van der Waals surface area contributed by atoms with Crippen LogP contribution >= 0.6 is 0 Å². The lowest BCUT2D eigenvalue weighted by Gasteiger charge is -2.30. The van der Waals surface area contributed by atoms with Gasteiger partial charge in [-0.15, -0.1) is 0 Å². The van der Waals surface area contributed by atoms with Gasteiger partial charge < -0.3 is 19.7 Å². The first kappa shape index (κ1) is 26.8. The van der Waals surface area contributed by atoms with Gasteiger partial charge in [-0.25, -0.2) is 0 Å². The predicted molar refractivity (Wildman–Crippen MR) is 153 cm³/mol. The Bertz CT molecular complexity index is 1220. The Morgan fingerprint density at radius 2 is 1.71 bits per heavy atom. The van der Waals surface area contributed by atoms with E-state index in [9.17, 15) is 10.2 Å². The zero-order valence-corrected chi connectivity index (χ0v) is 23.0. The second-order valence-electron chi connectivity index (χ2n) is 12.0. The van der Waals surface area contributed by atoms with Crippen LogP contribution in [0.5, 0.6) is 11.5 Å². The van der Waals surface area contributed by atoms with E-state index >= 15 is 0 Å². The number of rotatable bonds is 11. The fourth-order valence-electron chi connectivity index (χ4n) is 6.35. The lowest BCUT2D eigenvalue weighted by molar-refractivity contribution is -0.0505. The second kappa shape index (κ2) is 11.5. The fourth-order valence-corrected chi connectivity index (χ4v) is 6.35. The highest BCUT2D eigenvalue weighted by Crippen LogP contribution is 2.51. The molecule has 2 aliphatic rings. The van der Waals surface area contributed by atoms with Gasteiger partial charge in [-0.2, -0.15) is 0 Å². The summed E-state index contributed by atoms with van der Waals surface area (Å²) in [6.45, 7) is 5.30. The molecular weight excluding hydrogens is 472 g/mol. The third-order valence-corrected chi connectivity index (χ3v) is 8.67. The quantitative estimate of drug-likeness (QED) is 0.256. The summed E-state index contributed by atoms with van der Waals surface area (Å²) in [5.41, 5.74) is 6.42. The van der Waals surface area contributed by atoms with Crippen LogP contribution in [0.15, 0.2) is 66.7 Å². The summed E-state index contributed by atoms with van der Waals surface area (Å²) in [5, 5.41) is 19.3. The van der Waals surface area contributed by atoms with Crippen molar-refractivity contribution in [2.75, 3.05) is 7.11 Å². The molecule has 0 aromatic heterocycles. The van der Waals surface area contributed by atoms with Gasteiger partial charge in [0.2, 0.25) is 0 Å². The molecule has 2 atom stereocenters. The van der Waals surface area contributed by atoms with Crippen LogP contribution in [0.3, 0.4) is 0 Å². The van der Waals surface area contributed by atoms with E-state index in [0.717, 1.165) is 23.5 Å². The molecule has 0 spiro atoms. The summed E-state index contributed by atoms with van der Waals surface area (Å²) < 4.78 is 11.8. The lowest BCUT2D eigenvalue weighted by Crippen LogP contribution is -2.16. The number of aliphatic hydroxyl groups excluding tert-OH is 1. The molecule has 2 fully saturated rings. The number of methoxy groups -OCH3 is 1. The minimum atomic E-state index is -1.29. The van der Waals surface area contributed by atoms with E-state index in [4.69, 9.17) is 9.47 Å². The summed E-state index contributed by atoms with van der Waals surface area (Å²) in [5.74, 6) is 3.06. The third kappa shape index (κ3) is 6.42. The van der Waals surface area contributed by atoms with E-state index in [1.54, 1.807) is 7.11 Å². The summed E-state index contributed by atoms with van der Waals surface area (Å²) in [7, 11) is 1.72. The second-order valence-corrected chi connectivity index (χ2v) is 12.0. The average Bonchev–Trinajstić information content (AvgIpc) is 3.66. The van der Waals surface area contributed by atoms with Crippen molar-refractivity contribution in [3.8, 4) is 22.6 Å². The van der Waals surface area contributed by atoms with E-state index in [-0.39, 0.29) is 11.3 Å². The molecule has 0 amide bonds. The van der Waals surface area contributed by atoms with Gasteiger partial charge in [-0.05, 0) is 94.5 Å². The zero-order chi connectivity index (χ0) is 26.7. The first-order chi connectivity index (χ1) is 18.3. The summed E-state index contributed by atoms with van der Waals surface area (Å²) >= 11 is 0. The van der Waals surface area contributed by atoms with Crippen LogP contribution in [-0.2, 0) is 6.61 Å². The van der Waals surface area contributed by atoms with E-state index in [1.165, 1.54) is 54.4 Å². The van der Waals surface area contributed by atoms with Gasteiger partial charge in [0.05, 0.1) is 7.11 Å². The fraction of sp³-hybridized carbons (Fsp3) is 0.471. The largest absolute Gasteiger partial charge is 0.497 e. The van der Waals surface area contributed by atoms with Crippen molar-refractivity contribution < 1.29 is 19.7 Å². The van der Waals surface area contributed by atoms with Crippen molar-refractivity contribution in [3.05, 3.63) is 83.4 Å². The van der Waals surface area contributed by atoms with Crippen LogP contribution < -0.4 is 9.47 Å². The van der Waals surface area contributed by atoms with Gasteiger partial charge in [-0.3, -0.25) is 0 Å². The highest BCUT2D eigenvalue weighted by atomic mass is 16.5. The minimum Gasteiger partial charge on any atom is -0.497 e. The Hall–Kier alpha value is -2.82. The molecule has 2 aliphatic carbocycles. The van der Waals surface area contributed by atoms with Crippen LogP contribution in [0.2, 0.25) is 0 Å². The number of hydrogen-bond donors (Lipinski definition) is 2. The number of hydrogen-bond acceptors (Lipinski definition) is 4. The van der Waals surface area contributed by atoms with Crippen LogP contribution in [-0.4, -0.2) is 23.6 Å². The highest BCUT2D eigenvalue weighted by molar-refractivity contribution is 5.70. The molecule has 3 aromatic carbocycles. The van der Waals surface area contributed by atoms with Crippen molar-refractivity contribution >= 4 is 0 Å². The molecule has 2 saturated carbocycles. The van der Waals surface area contributed by atoms with Gasteiger partial charge in [0.25, 0.3) is 0 Å². The van der Waals surface area contributed by atoms with Gasteiger partial charge in [-0.1, -0.05) is 75.6 Å². The van der Waals surface area contributed by atoms with Crippen LogP contribution in [0, 0.1) is 11.3 Å². The van der Waals surface area contributed by atoms with Crippen molar-refractivity contribution in [3.63, 3.8) is 0 Å². The van der Waals surface area contributed by atoms with Crippen LogP contribution in [0.4, 0.5) is 0 Å². The Labute approximate surface area is 227 Å². The third-order valence-electron chi connectivity index (χ3n) is 8.67. The molecule has 0 bridgehead atoms. The molecule has 2 N–H and O–H groups in total. The summed E-state index contributed by atoms with van der Waals surface area (Å²) in [6, 6.07) is 23.3. The molecule has 0 aliphatic heterocycles. The molecule has 0 unspecified atom stereocenters. The summed E-state index contributed by atoms with van der Waals surface area (Å²) in [4.78, 5) is 0. The Morgan fingerprint density at radius 1 is 0.921 bits per heavy atom. The number of benzene rings is 3. The average molecular weight is 515 g/mol. The van der Waals surface area contributed by atoms with E-state index in [1.807, 2.05) is 18.2 Å². The summed E-state index contributed by atoms with van der Waals surface area (Å²) in [6.07, 6.45) is 6.29. The lowest BCUT2D eigenvalue weighted by atomic mass is 9.75. The maximum Gasteiger partial charge on any atom is 0.152 e. The Morgan fingerprint density at radius 3 is 2.42 bits per heavy atom. The number of ether oxygens (including phenoxy) is 2. The smallest absolute Gasteiger partial charge is 0.152 e. The van der Waals surface area contributed by atoms with Crippen molar-refractivity contribution in [2.45, 2.75) is 83.5 Å². The molecule has 5 rings (SSSR count). The molecule has 0 radical (unpaired) electrons. The SMILES string of the molecule is COc1cccc(-c2ccc(COc3cccc([C@@H](CC(O)O)CC4CC4)c3)cc2[C@H]2CCCC2(C)C)c1. The van der Waals surface area contributed by atoms with Crippen LogP contribution in [0.25, 0.3) is 11.1 Å². The van der Waals surface area contributed by atoms with Gasteiger partial charge in [0.1, 0.15) is 18.1 Å². The molecule has 4 nitrogen and oxygen atoms in total. The molecule has 202 valence electrons. The van der Waals surface area contributed by atoms with Crippen LogP contribution in [0.1, 0.15) is 87.3 Å². The molecule has 4 heteroatoms. The maximum atomic E-state index is 9.64. The molecule has 0 heterocycles. The molecular formula is C34H42O4. The van der Waals surface area contributed by atoms with Gasteiger partial charge in [0, 0.05) is 6.42 Å². The molecule has 3 aromatic rings. The van der Waals surface area contributed by atoms with Crippen molar-refractivity contribution in [2.24, 2.45) is 11.3 Å². The number of aliphatic hydroxyl groups is 2. The van der Waals surface area contributed by atoms with E-state index in [2.05, 4.69) is 62.4 Å². The normalized spacial score (nSPS) is 19.5. The standard InChI is InChI=1S/C34H42O4/c1-34(2)16-6-11-32(34)31-18-24(14-15-30(31)26-8-5-9-28(20-26)37-3)22-38-29-10-4-7-25(19-29)27(21-33(35)36)17-23-12-13-23/h4-5,7-10,14-15,18-20,23,27,32-33,35-36H,6,11-13,16-17,21-22H2,1-3H3/t27-,32-/m1/s1. The molecule has 0 saturated heterocycles. The molecule has 38 heavy (non-hydrogen) atoms. The zero-order valence-electron chi connectivity index (χ0n) is 23.0. The predicted octanol–water partition coefficient (Wildman–Crippen LogP) is 7.82. The topological polar surface area (TPSA) is 58.9 Å². The highest BCUT2D eigenvalue weighted by Gasteiger charge is 2.37. The van der Waals surface area contributed by atoms with Gasteiger partial charge >= 0.3 is 0 Å². The first-order valence-corrected chi connectivity index (χ1v) is 14.2.